The van der Waals surface area contributed by atoms with E-state index in [0.29, 0.717) is 5.56 Å². The molecule has 12 heteroatoms. The third-order valence-corrected chi connectivity index (χ3v) is 5.64. The molecule has 3 aromatic rings. The second-order valence-electron chi connectivity index (χ2n) is 8.95. The van der Waals surface area contributed by atoms with Crippen LogP contribution in [0, 0.1) is 6.92 Å². The monoisotopic (exact) mass is 616 g/mol. The zero-order chi connectivity index (χ0) is 32.8. The number of esters is 6. The highest BCUT2D eigenvalue weighted by Gasteiger charge is 2.15. The van der Waals surface area contributed by atoms with Gasteiger partial charge >= 0.3 is 35.8 Å². The van der Waals surface area contributed by atoms with Gasteiger partial charge < -0.3 is 28.4 Å². The van der Waals surface area contributed by atoms with Crippen molar-refractivity contribution in [3.8, 4) is 23.0 Å². The molecule has 0 amide bonds. The third-order valence-electron chi connectivity index (χ3n) is 5.64. The van der Waals surface area contributed by atoms with E-state index in [-0.39, 0.29) is 60.2 Å². The normalized spacial score (nSPS) is 10.1. The number of rotatable bonds is 14. The summed E-state index contributed by atoms with van der Waals surface area (Å²) in [4.78, 5) is 71.0. The number of ether oxygens (including phenoxy) is 6. The molecule has 0 saturated carbocycles. The molecule has 232 valence electrons. The molecule has 3 aromatic carbocycles. The van der Waals surface area contributed by atoms with Crippen molar-refractivity contribution < 1.29 is 57.2 Å². The molecule has 0 aliphatic carbocycles. The number of hydrogen-bond acceptors (Lipinski definition) is 12. The predicted molar refractivity (Wildman–Crippen MR) is 157 cm³/mol. The van der Waals surface area contributed by atoms with Crippen LogP contribution in [0.1, 0.15) is 39.1 Å². The molecule has 0 unspecified atom stereocenters. The van der Waals surface area contributed by atoms with Crippen LogP contribution in [0.3, 0.4) is 0 Å². The fraction of sp³-hybridized carbons (Fsp3) is 0.152. The quantitative estimate of drug-likeness (QED) is 0.142. The van der Waals surface area contributed by atoms with Crippen molar-refractivity contribution in [3.63, 3.8) is 0 Å². The molecule has 0 aliphatic heterocycles. The van der Waals surface area contributed by atoms with E-state index in [2.05, 4.69) is 13.2 Å². The second-order valence-corrected chi connectivity index (χ2v) is 8.95. The Morgan fingerprint density at radius 2 is 1.00 bits per heavy atom. The molecular weight excluding hydrogens is 588 g/mol. The van der Waals surface area contributed by atoms with Crippen molar-refractivity contribution in [1.82, 2.24) is 0 Å². The van der Waals surface area contributed by atoms with E-state index in [9.17, 15) is 28.8 Å². The van der Waals surface area contributed by atoms with Gasteiger partial charge in [-0.3, -0.25) is 9.59 Å². The lowest BCUT2D eigenvalue weighted by atomic mass is 10.2. The third kappa shape index (κ3) is 10.9. The van der Waals surface area contributed by atoms with Gasteiger partial charge in [-0.25, -0.2) is 19.2 Å². The highest BCUT2D eigenvalue weighted by molar-refractivity contribution is 5.92. The van der Waals surface area contributed by atoms with Crippen LogP contribution in [0.4, 0.5) is 0 Å². The van der Waals surface area contributed by atoms with Crippen LogP contribution < -0.4 is 18.9 Å². The fourth-order valence-electron chi connectivity index (χ4n) is 3.40. The van der Waals surface area contributed by atoms with Crippen LogP contribution in [-0.4, -0.2) is 49.0 Å². The molecule has 12 nitrogen and oxygen atoms in total. The molecule has 45 heavy (non-hydrogen) atoms. The molecule has 0 fully saturated rings. The standard InChI is InChI=1S/C33H28O12/c1-4-28(34)40-18-16-30(36)42-24-10-6-22(7-11-24)32(38)44-26-14-15-27(21(3)20-26)45-33(39)23-8-12-25(13-9-23)43-31(37)17-19-41-29(35)5-2/h4-15,20H,1-2,16-19H2,3H3. The van der Waals surface area contributed by atoms with Gasteiger partial charge in [0.1, 0.15) is 36.2 Å². The second kappa shape index (κ2) is 16.6. The van der Waals surface area contributed by atoms with Crippen LogP contribution in [0.15, 0.2) is 92.0 Å². The Hall–Kier alpha value is -6.04. The van der Waals surface area contributed by atoms with Gasteiger partial charge in [-0.2, -0.15) is 0 Å². The Labute approximate surface area is 257 Å². The fourth-order valence-corrected chi connectivity index (χ4v) is 3.40. The van der Waals surface area contributed by atoms with Gasteiger partial charge in [-0.05, 0) is 79.2 Å². The van der Waals surface area contributed by atoms with Gasteiger partial charge in [-0.15, -0.1) is 0 Å². The maximum atomic E-state index is 12.6. The molecule has 0 bridgehead atoms. The molecule has 0 atom stereocenters. The first-order valence-corrected chi connectivity index (χ1v) is 13.3. The molecule has 0 aliphatic rings. The Balaban J connectivity index is 1.49. The van der Waals surface area contributed by atoms with Crippen molar-refractivity contribution in [1.29, 1.82) is 0 Å². The Morgan fingerprint density at radius 1 is 0.578 bits per heavy atom. The average molecular weight is 617 g/mol. The largest absolute Gasteiger partial charge is 0.462 e. The summed E-state index contributed by atoms with van der Waals surface area (Å²) in [6.45, 7) is 7.86. The zero-order valence-electron chi connectivity index (χ0n) is 24.1. The van der Waals surface area contributed by atoms with Crippen LogP contribution in [0.25, 0.3) is 0 Å². The van der Waals surface area contributed by atoms with Crippen molar-refractivity contribution >= 4 is 35.8 Å². The topological polar surface area (TPSA) is 158 Å². The van der Waals surface area contributed by atoms with Gasteiger partial charge in [0.05, 0.1) is 24.0 Å². The summed E-state index contributed by atoms with van der Waals surface area (Å²) in [5.41, 5.74) is 0.889. The number of aryl methyl sites for hydroxylation is 1. The molecule has 0 aromatic heterocycles. The zero-order valence-corrected chi connectivity index (χ0v) is 24.1. The maximum absolute atomic E-state index is 12.6. The number of benzene rings is 3. The number of hydrogen-bond donors (Lipinski definition) is 0. The van der Waals surface area contributed by atoms with E-state index in [4.69, 9.17) is 28.4 Å². The van der Waals surface area contributed by atoms with Gasteiger partial charge in [-0.1, -0.05) is 13.2 Å². The van der Waals surface area contributed by atoms with Gasteiger partial charge in [0, 0.05) is 12.2 Å². The van der Waals surface area contributed by atoms with Crippen LogP contribution in [-0.2, 0) is 28.7 Å². The van der Waals surface area contributed by atoms with Gasteiger partial charge in [0.2, 0.25) is 0 Å². The van der Waals surface area contributed by atoms with Crippen LogP contribution in [0.2, 0.25) is 0 Å². The average Bonchev–Trinajstić information content (AvgIpc) is 3.02. The number of carbonyl (C=O) groups excluding carboxylic acids is 6. The molecule has 0 heterocycles. The first-order valence-electron chi connectivity index (χ1n) is 13.3. The highest BCUT2D eigenvalue weighted by atomic mass is 16.6. The summed E-state index contributed by atoms with van der Waals surface area (Å²) in [6, 6.07) is 15.8. The molecule has 3 rings (SSSR count). The summed E-state index contributed by atoms with van der Waals surface area (Å²) in [6.07, 6.45) is 1.66. The minimum Gasteiger partial charge on any atom is -0.462 e. The lowest BCUT2D eigenvalue weighted by molar-refractivity contribution is -0.143. The molecule has 0 radical (unpaired) electrons. The minimum atomic E-state index is -0.674. The smallest absolute Gasteiger partial charge is 0.343 e. The Kier molecular flexibility index (Phi) is 12.3. The highest BCUT2D eigenvalue weighted by Crippen LogP contribution is 2.26. The van der Waals surface area contributed by atoms with Crippen LogP contribution in [0.5, 0.6) is 23.0 Å². The van der Waals surface area contributed by atoms with E-state index < -0.39 is 35.8 Å². The van der Waals surface area contributed by atoms with E-state index in [1.54, 1.807) is 6.92 Å². The summed E-state index contributed by atoms with van der Waals surface area (Å²) in [5, 5.41) is 0. The lowest BCUT2D eigenvalue weighted by Crippen LogP contribution is -2.13. The first-order chi connectivity index (χ1) is 21.6. The van der Waals surface area contributed by atoms with Gasteiger partial charge in [0.15, 0.2) is 0 Å². The van der Waals surface area contributed by atoms with Crippen molar-refractivity contribution in [2.24, 2.45) is 0 Å². The van der Waals surface area contributed by atoms with E-state index in [1.165, 1.54) is 66.7 Å². The summed E-state index contributed by atoms with van der Waals surface area (Å²) in [7, 11) is 0. The van der Waals surface area contributed by atoms with Crippen molar-refractivity contribution in [2.75, 3.05) is 13.2 Å². The molecule has 0 spiro atoms. The minimum absolute atomic E-state index is 0.155. The first kappa shape index (κ1) is 33.5. The maximum Gasteiger partial charge on any atom is 0.343 e. The van der Waals surface area contributed by atoms with Gasteiger partial charge in [0.25, 0.3) is 0 Å². The van der Waals surface area contributed by atoms with E-state index in [1.807, 2.05) is 0 Å². The summed E-state index contributed by atoms with van der Waals surface area (Å²) < 4.78 is 30.6. The summed E-state index contributed by atoms with van der Waals surface area (Å²) >= 11 is 0. The van der Waals surface area contributed by atoms with E-state index in [0.717, 1.165) is 12.2 Å². The molecular formula is C33H28O12. The van der Waals surface area contributed by atoms with E-state index >= 15 is 0 Å². The molecule has 0 saturated heterocycles. The number of carbonyl (C=O) groups is 6. The Bertz CT molecular complexity index is 1590. The van der Waals surface area contributed by atoms with Crippen LogP contribution >= 0.6 is 0 Å². The van der Waals surface area contributed by atoms with Crippen molar-refractivity contribution in [3.05, 3.63) is 109 Å². The SMILES string of the molecule is C=CC(=O)OCCC(=O)Oc1ccc(C(=O)Oc2ccc(OC(=O)c3ccc(OC(=O)CCOC(=O)C=C)cc3)c(C)c2)cc1. The lowest BCUT2D eigenvalue weighted by Gasteiger charge is -2.11. The summed E-state index contributed by atoms with van der Waals surface area (Å²) in [5.74, 6) is -3.08. The molecule has 0 N–H and O–H groups in total. The Morgan fingerprint density at radius 3 is 1.42 bits per heavy atom. The predicted octanol–water partition coefficient (Wildman–Crippen LogP) is 4.48. The van der Waals surface area contributed by atoms with Crippen molar-refractivity contribution in [2.45, 2.75) is 19.8 Å².